The second kappa shape index (κ2) is 3.76. The second-order valence-corrected chi connectivity index (χ2v) is 1.94. The van der Waals surface area contributed by atoms with Gasteiger partial charge in [-0.25, -0.2) is 4.39 Å². The van der Waals surface area contributed by atoms with Crippen LogP contribution in [0.2, 0.25) is 0 Å². The molecule has 0 aliphatic carbocycles. The van der Waals surface area contributed by atoms with Crippen molar-refractivity contribution in [3.8, 4) is 0 Å². The second-order valence-electron chi connectivity index (χ2n) is 1.94. The molecule has 0 aliphatic rings. The van der Waals surface area contributed by atoms with Crippen molar-refractivity contribution in [1.82, 2.24) is 0 Å². The average molecular weight is 138 g/mol. The van der Waals surface area contributed by atoms with Crippen molar-refractivity contribution in [3.63, 3.8) is 0 Å². The summed E-state index contributed by atoms with van der Waals surface area (Å²) in [6.07, 6.45) is -0.222. The summed E-state index contributed by atoms with van der Waals surface area (Å²) < 4.78 is 12.6. The van der Waals surface area contributed by atoms with E-state index >= 15 is 0 Å². The number of hydrogen-bond donors (Lipinski definition) is 3. The van der Waals surface area contributed by atoms with Gasteiger partial charge >= 0.3 is 0 Å². The molecule has 0 aromatic carbocycles. The van der Waals surface area contributed by atoms with Crippen LogP contribution < -0.4 is 0 Å². The van der Waals surface area contributed by atoms with Crippen molar-refractivity contribution in [3.05, 3.63) is 0 Å². The molecule has 0 bridgehead atoms. The van der Waals surface area contributed by atoms with Crippen LogP contribution >= 0.6 is 0 Å². The van der Waals surface area contributed by atoms with Crippen molar-refractivity contribution in [2.75, 3.05) is 19.8 Å². The Labute approximate surface area is 52.7 Å². The van der Waals surface area contributed by atoms with Crippen molar-refractivity contribution in [2.24, 2.45) is 0 Å². The first-order valence-electron chi connectivity index (χ1n) is 2.70. The van der Waals surface area contributed by atoms with Gasteiger partial charge in [-0.05, 0) is 0 Å². The highest BCUT2D eigenvalue weighted by atomic mass is 19.1. The van der Waals surface area contributed by atoms with Crippen molar-refractivity contribution < 1.29 is 19.7 Å². The van der Waals surface area contributed by atoms with Crippen LogP contribution in [0.15, 0.2) is 0 Å². The van der Waals surface area contributed by atoms with Crippen molar-refractivity contribution >= 4 is 0 Å². The third-order valence-corrected chi connectivity index (χ3v) is 1.13. The molecule has 0 saturated heterocycles. The van der Waals surface area contributed by atoms with Crippen molar-refractivity contribution in [2.45, 2.75) is 12.1 Å². The molecule has 0 fully saturated rings. The van der Waals surface area contributed by atoms with E-state index in [0.29, 0.717) is 0 Å². The Bertz CT molecular complexity index is 72.6. The van der Waals surface area contributed by atoms with E-state index in [9.17, 15) is 4.39 Å². The summed E-state index contributed by atoms with van der Waals surface area (Å²) in [5, 5.41) is 24.7. The summed E-state index contributed by atoms with van der Waals surface area (Å²) in [5.74, 6) is 0. The molecule has 4 heteroatoms. The fourth-order valence-electron chi connectivity index (χ4n) is 0.408. The highest BCUT2D eigenvalue weighted by Gasteiger charge is 2.26. The molecule has 0 aromatic heterocycles. The fraction of sp³-hybridized carbons (Fsp3) is 1.00. The van der Waals surface area contributed by atoms with E-state index in [1.807, 2.05) is 0 Å². The maximum absolute atomic E-state index is 12.6. The van der Waals surface area contributed by atoms with Crippen LogP contribution in [0.5, 0.6) is 0 Å². The van der Waals surface area contributed by atoms with Crippen LogP contribution in [0.4, 0.5) is 4.39 Å². The predicted molar refractivity (Wildman–Crippen MR) is 29.7 cm³/mol. The molecule has 0 atom stereocenters. The average Bonchev–Trinajstić information content (AvgIpc) is 1.89. The highest BCUT2D eigenvalue weighted by molar-refractivity contribution is 4.75. The molecule has 9 heavy (non-hydrogen) atoms. The van der Waals surface area contributed by atoms with E-state index in [1.165, 1.54) is 0 Å². The lowest BCUT2D eigenvalue weighted by atomic mass is 10.1. The van der Waals surface area contributed by atoms with E-state index in [0.717, 1.165) is 0 Å². The van der Waals surface area contributed by atoms with Crippen LogP contribution in [0.25, 0.3) is 0 Å². The standard InChI is InChI=1S/C5H11FO3/c6-5(3-8,4-9)1-2-7/h7-9H,1-4H2. The van der Waals surface area contributed by atoms with E-state index in [-0.39, 0.29) is 13.0 Å². The summed E-state index contributed by atoms with van der Waals surface area (Å²) in [6.45, 7) is -1.86. The molecule has 0 spiro atoms. The van der Waals surface area contributed by atoms with E-state index < -0.39 is 18.9 Å². The molecule has 0 unspecified atom stereocenters. The van der Waals surface area contributed by atoms with Crippen molar-refractivity contribution in [1.29, 1.82) is 0 Å². The zero-order valence-electron chi connectivity index (χ0n) is 5.05. The van der Waals surface area contributed by atoms with E-state index in [4.69, 9.17) is 15.3 Å². The molecule has 0 aromatic rings. The van der Waals surface area contributed by atoms with Gasteiger partial charge in [0, 0.05) is 13.0 Å². The lowest BCUT2D eigenvalue weighted by Gasteiger charge is -2.17. The lowest BCUT2D eigenvalue weighted by Crippen LogP contribution is -2.33. The first-order chi connectivity index (χ1) is 4.18. The molecule has 0 amide bonds. The Hall–Kier alpha value is -0.190. The Morgan fingerprint density at radius 2 is 1.56 bits per heavy atom. The third-order valence-electron chi connectivity index (χ3n) is 1.13. The largest absolute Gasteiger partial charge is 0.396 e. The Morgan fingerprint density at radius 1 is 1.11 bits per heavy atom. The minimum Gasteiger partial charge on any atom is -0.396 e. The monoisotopic (exact) mass is 138 g/mol. The van der Waals surface area contributed by atoms with Gasteiger partial charge in [0.1, 0.15) is 0 Å². The normalized spacial score (nSPS) is 12.0. The molecule has 0 saturated carbocycles. The summed E-state index contributed by atoms with van der Waals surface area (Å²) >= 11 is 0. The number of rotatable bonds is 4. The zero-order valence-corrected chi connectivity index (χ0v) is 5.05. The minimum absolute atomic E-state index is 0.222. The molecule has 56 valence electrons. The Kier molecular flexibility index (Phi) is 3.68. The molecule has 3 nitrogen and oxygen atoms in total. The quantitative estimate of drug-likeness (QED) is 0.470. The number of aliphatic hydroxyl groups excluding tert-OH is 3. The summed E-state index contributed by atoms with van der Waals surface area (Å²) in [6, 6.07) is 0. The van der Waals surface area contributed by atoms with Gasteiger partial charge in [-0.15, -0.1) is 0 Å². The zero-order chi connectivity index (χ0) is 7.33. The Balaban J connectivity index is 3.62. The number of halogens is 1. The first kappa shape index (κ1) is 8.81. The summed E-state index contributed by atoms with van der Waals surface area (Å²) in [7, 11) is 0. The smallest absolute Gasteiger partial charge is 0.158 e. The van der Waals surface area contributed by atoms with Crippen LogP contribution in [-0.2, 0) is 0 Å². The van der Waals surface area contributed by atoms with Crippen LogP contribution in [0.3, 0.4) is 0 Å². The number of aliphatic hydroxyl groups is 3. The van der Waals surface area contributed by atoms with Gasteiger partial charge in [0.25, 0.3) is 0 Å². The maximum atomic E-state index is 12.6. The number of alkyl halides is 1. The summed E-state index contributed by atoms with van der Waals surface area (Å²) in [5.41, 5.74) is -2.01. The molecule has 3 N–H and O–H groups in total. The molecule has 0 heterocycles. The number of hydrogen-bond acceptors (Lipinski definition) is 3. The van der Waals surface area contributed by atoms with Crippen LogP contribution in [-0.4, -0.2) is 40.8 Å². The van der Waals surface area contributed by atoms with Gasteiger partial charge in [-0.1, -0.05) is 0 Å². The first-order valence-corrected chi connectivity index (χ1v) is 2.70. The van der Waals surface area contributed by atoms with Gasteiger partial charge < -0.3 is 15.3 Å². The van der Waals surface area contributed by atoms with Crippen LogP contribution in [0.1, 0.15) is 6.42 Å². The van der Waals surface area contributed by atoms with Gasteiger partial charge in [-0.3, -0.25) is 0 Å². The topological polar surface area (TPSA) is 60.7 Å². The Morgan fingerprint density at radius 3 is 1.67 bits per heavy atom. The van der Waals surface area contributed by atoms with Gasteiger partial charge in [0.2, 0.25) is 0 Å². The van der Waals surface area contributed by atoms with E-state index in [2.05, 4.69) is 0 Å². The summed E-state index contributed by atoms with van der Waals surface area (Å²) in [4.78, 5) is 0. The molecular formula is C5H11FO3. The molecule has 0 aliphatic heterocycles. The maximum Gasteiger partial charge on any atom is 0.158 e. The van der Waals surface area contributed by atoms with E-state index in [1.54, 1.807) is 0 Å². The van der Waals surface area contributed by atoms with Gasteiger partial charge in [0.05, 0.1) is 13.2 Å². The molecular weight excluding hydrogens is 127 g/mol. The molecule has 0 radical (unpaired) electrons. The van der Waals surface area contributed by atoms with Gasteiger partial charge in [-0.2, -0.15) is 0 Å². The SMILES string of the molecule is OCCC(F)(CO)CO. The lowest BCUT2D eigenvalue weighted by molar-refractivity contribution is -0.00152. The predicted octanol–water partition coefficient (Wildman–Crippen LogP) is -0.938. The third kappa shape index (κ3) is 2.74. The molecule has 0 rings (SSSR count). The fourth-order valence-corrected chi connectivity index (χ4v) is 0.408. The highest BCUT2D eigenvalue weighted by Crippen LogP contribution is 2.12. The van der Waals surface area contributed by atoms with Gasteiger partial charge in [0.15, 0.2) is 5.67 Å². The minimum atomic E-state index is -2.01. The van der Waals surface area contributed by atoms with Crippen LogP contribution in [0, 0.1) is 0 Å².